The van der Waals surface area contributed by atoms with E-state index in [1.165, 1.54) is 38.5 Å². The fourth-order valence-corrected chi connectivity index (χ4v) is 4.96. The molecule has 4 nitrogen and oxygen atoms in total. The normalized spacial score (nSPS) is 12.7. The molecule has 1 heterocycles. The van der Waals surface area contributed by atoms with E-state index in [2.05, 4.69) is 23.6 Å². The van der Waals surface area contributed by atoms with Crippen molar-refractivity contribution in [1.29, 1.82) is 0 Å². The topological polar surface area (TPSA) is 43.0 Å². The first-order chi connectivity index (χ1) is 16.1. The van der Waals surface area contributed by atoms with Crippen molar-refractivity contribution in [2.24, 2.45) is 0 Å². The summed E-state index contributed by atoms with van der Waals surface area (Å²) in [6.07, 6.45) is 9.92. The van der Waals surface area contributed by atoms with Gasteiger partial charge in [-0.05, 0) is 18.4 Å². The SMILES string of the molecule is CCCCCCCCCCn1c2c([n+](Cc3ccccc3)c1C)C(=O)c1ccccc1C2=O. The van der Waals surface area contributed by atoms with Crippen LogP contribution >= 0.6 is 0 Å². The molecule has 172 valence electrons. The van der Waals surface area contributed by atoms with Gasteiger partial charge in [0.25, 0.3) is 5.82 Å². The van der Waals surface area contributed by atoms with Crippen LogP contribution in [0.4, 0.5) is 0 Å². The van der Waals surface area contributed by atoms with E-state index in [0.717, 1.165) is 30.8 Å². The van der Waals surface area contributed by atoms with E-state index < -0.39 is 0 Å². The van der Waals surface area contributed by atoms with E-state index in [1.807, 2.05) is 41.8 Å². The lowest BCUT2D eigenvalue weighted by Crippen LogP contribution is -2.43. The van der Waals surface area contributed by atoms with Crippen LogP contribution in [0.3, 0.4) is 0 Å². The molecule has 0 saturated heterocycles. The highest BCUT2D eigenvalue weighted by Gasteiger charge is 2.42. The third kappa shape index (κ3) is 4.85. The first-order valence-electron chi connectivity index (χ1n) is 12.5. The van der Waals surface area contributed by atoms with E-state index in [9.17, 15) is 9.59 Å². The monoisotopic (exact) mass is 443 g/mol. The highest BCUT2D eigenvalue weighted by molar-refractivity contribution is 6.26. The number of carbonyl (C=O) groups is 2. The third-order valence-corrected chi connectivity index (χ3v) is 6.81. The molecule has 0 fully saturated rings. The summed E-state index contributed by atoms with van der Waals surface area (Å²) in [5.74, 6) is 0.893. The van der Waals surface area contributed by atoms with Gasteiger partial charge in [0.05, 0.1) is 6.54 Å². The first-order valence-corrected chi connectivity index (χ1v) is 12.5. The van der Waals surface area contributed by atoms with Gasteiger partial charge in [-0.15, -0.1) is 0 Å². The standard InChI is InChI=1S/C29H35N2O2/c1-3-4-5-6-7-8-9-15-20-30-22(2)31(21-23-16-11-10-12-17-23)27-26(30)28(32)24-18-13-14-19-25(24)29(27)33/h10-14,16-19H,3-9,15,20-21H2,1-2H3/q+1. The summed E-state index contributed by atoms with van der Waals surface area (Å²) in [5.41, 5.74) is 3.27. The number of rotatable bonds is 11. The van der Waals surface area contributed by atoms with Gasteiger partial charge >= 0.3 is 0 Å². The zero-order valence-corrected chi connectivity index (χ0v) is 20.0. The molecule has 0 aliphatic heterocycles. The molecule has 1 aromatic heterocycles. The summed E-state index contributed by atoms with van der Waals surface area (Å²) < 4.78 is 4.15. The van der Waals surface area contributed by atoms with Crippen LogP contribution in [0.1, 0.15) is 102 Å². The molecule has 4 heteroatoms. The van der Waals surface area contributed by atoms with Crippen molar-refractivity contribution >= 4 is 11.6 Å². The average molecular weight is 444 g/mol. The predicted molar refractivity (Wildman–Crippen MR) is 131 cm³/mol. The number of aromatic nitrogens is 2. The molecule has 0 saturated carbocycles. The van der Waals surface area contributed by atoms with Crippen molar-refractivity contribution in [2.75, 3.05) is 0 Å². The van der Waals surface area contributed by atoms with Crippen LogP contribution in [0.5, 0.6) is 0 Å². The molecule has 3 aromatic rings. The van der Waals surface area contributed by atoms with Crippen LogP contribution < -0.4 is 4.57 Å². The smallest absolute Gasteiger partial charge is 0.254 e. The average Bonchev–Trinajstić information content (AvgIpc) is 3.11. The minimum absolute atomic E-state index is 0.0327. The van der Waals surface area contributed by atoms with Crippen LogP contribution in [0.15, 0.2) is 54.6 Å². The number of imidazole rings is 1. The van der Waals surface area contributed by atoms with E-state index in [1.54, 1.807) is 12.1 Å². The Morgan fingerprint density at radius 3 is 1.97 bits per heavy atom. The highest BCUT2D eigenvalue weighted by Crippen LogP contribution is 2.27. The Kier molecular flexibility index (Phi) is 7.54. The molecule has 0 atom stereocenters. The minimum atomic E-state index is -0.0473. The Bertz CT molecular complexity index is 1130. The van der Waals surface area contributed by atoms with Gasteiger partial charge in [-0.25, -0.2) is 9.13 Å². The molecule has 33 heavy (non-hydrogen) atoms. The van der Waals surface area contributed by atoms with Crippen LogP contribution in [0.2, 0.25) is 0 Å². The molecule has 1 aliphatic carbocycles. The number of carbonyl (C=O) groups excluding carboxylic acids is 2. The maximum Gasteiger partial charge on any atom is 0.254 e. The van der Waals surface area contributed by atoms with Gasteiger partial charge in [0.1, 0.15) is 6.54 Å². The Balaban J connectivity index is 1.60. The second-order valence-corrected chi connectivity index (χ2v) is 9.15. The lowest BCUT2D eigenvalue weighted by molar-refractivity contribution is -0.695. The molecular formula is C29H35N2O2+. The maximum absolute atomic E-state index is 13.5. The fraction of sp³-hybridized carbons (Fsp3) is 0.414. The quantitative estimate of drug-likeness (QED) is 0.209. The van der Waals surface area contributed by atoms with Crippen LogP contribution in [0, 0.1) is 6.92 Å². The number of ketones is 2. The van der Waals surface area contributed by atoms with Gasteiger partial charge in [0.15, 0.2) is 0 Å². The number of fused-ring (bicyclic) bond motifs is 2. The number of unbranched alkanes of at least 4 members (excludes halogenated alkanes) is 7. The molecule has 1 aliphatic rings. The van der Waals surface area contributed by atoms with Crippen molar-refractivity contribution in [3.8, 4) is 0 Å². The predicted octanol–water partition coefficient (Wildman–Crippen LogP) is 6.05. The van der Waals surface area contributed by atoms with Crippen molar-refractivity contribution in [2.45, 2.75) is 78.3 Å². The molecule has 4 rings (SSSR count). The summed E-state index contributed by atoms with van der Waals surface area (Å²) in [7, 11) is 0. The number of hydrogen-bond acceptors (Lipinski definition) is 2. The van der Waals surface area contributed by atoms with Crippen molar-refractivity contribution in [1.82, 2.24) is 4.57 Å². The number of hydrogen-bond donors (Lipinski definition) is 0. The van der Waals surface area contributed by atoms with E-state index >= 15 is 0 Å². The third-order valence-electron chi connectivity index (χ3n) is 6.81. The van der Waals surface area contributed by atoms with E-state index in [0.29, 0.717) is 29.1 Å². The van der Waals surface area contributed by atoms with Gasteiger partial charge in [-0.2, -0.15) is 0 Å². The zero-order chi connectivity index (χ0) is 23.2. The Hall–Kier alpha value is -3.01. The van der Waals surface area contributed by atoms with Gasteiger partial charge in [-0.3, -0.25) is 9.59 Å². The van der Waals surface area contributed by atoms with Crippen LogP contribution in [0.25, 0.3) is 0 Å². The molecule has 0 bridgehead atoms. The minimum Gasteiger partial charge on any atom is -0.284 e. The molecule has 0 spiro atoms. The Morgan fingerprint density at radius 1 is 0.727 bits per heavy atom. The van der Waals surface area contributed by atoms with Crippen LogP contribution in [-0.2, 0) is 13.1 Å². The van der Waals surface area contributed by atoms with Gasteiger partial charge in [0, 0.05) is 18.1 Å². The largest absolute Gasteiger partial charge is 0.284 e. The Labute approximate surface area is 197 Å². The molecule has 0 unspecified atom stereocenters. The highest BCUT2D eigenvalue weighted by atomic mass is 16.1. The lowest BCUT2D eigenvalue weighted by Gasteiger charge is -2.13. The van der Waals surface area contributed by atoms with Crippen molar-refractivity contribution < 1.29 is 14.2 Å². The summed E-state index contributed by atoms with van der Waals surface area (Å²) >= 11 is 0. The first kappa shape index (κ1) is 23.2. The van der Waals surface area contributed by atoms with Gasteiger partial charge in [0.2, 0.25) is 23.0 Å². The zero-order valence-electron chi connectivity index (χ0n) is 20.0. The Morgan fingerprint density at radius 2 is 1.30 bits per heavy atom. The molecule has 2 aromatic carbocycles. The van der Waals surface area contributed by atoms with Gasteiger partial charge < -0.3 is 0 Å². The second kappa shape index (κ2) is 10.7. The van der Waals surface area contributed by atoms with Crippen molar-refractivity contribution in [3.63, 3.8) is 0 Å². The maximum atomic E-state index is 13.5. The summed E-state index contributed by atoms with van der Waals surface area (Å²) in [5, 5.41) is 0. The molecule has 0 radical (unpaired) electrons. The number of benzene rings is 2. The van der Waals surface area contributed by atoms with Gasteiger partial charge in [-0.1, -0.05) is 100 Å². The summed E-state index contributed by atoms with van der Waals surface area (Å²) in [6.45, 7) is 5.64. The lowest BCUT2D eigenvalue weighted by atomic mass is 9.90. The second-order valence-electron chi connectivity index (χ2n) is 9.15. The van der Waals surface area contributed by atoms with E-state index in [-0.39, 0.29) is 11.6 Å². The number of nitrogens with zero attached hydrogens (tertiary/aromatic N) is 2. The molecular weight excluding hydrogens is 408 g/mol. The molecule has 0 amide bonds. The summed E-state index contributed by atoms with van der Waals surface area (Å²) in [4.78, 5) is 27.1. The molecule has 0 N–H and O–H groups in total. The van der Waals surface area contributed by atoms with Crippen molar-refractivity contribution in [3.05, 3.63) is 88.5 Å². The fourth-order valence-electron chi connectivity index (χ4n) is 4.96. The van der Waals surface area contributed by atoms with Crippen LogP contribution in [-0.4, -0.2) is 16.1 Å². The van der Waals surface area contributed by atoms with E-state index in [4.69, 9.17) is 0 Å². The summed E-state index contributed by atoms with van der Waals surface area (Å²) in [6, 6.07) is 17.4.